The molecule has 0 radical (unpaired) electrons. The topological polar surface area (TPSA) is 76.0 Å². The number of nitrogens with zero attached hydrogens (tertiary/aromatic N) is 1. The van der Waals surface area contributed by atoms with Gasteiger partial charge < -0.3 is 20.8 Å². The van der Waals surface area contributed by atoms with Crippen molar-refractivity contribution >= 4 is 22.7 Å². The number of anilines is 2. The molecule has 0 spiro atoms. The first-order valence-corrected chi connectivity index (χ1v) is 6.60. The van der Waals surface area contributed by atoms with E-state index in [4.69, 9.17) is 10.5 Å². The predicted octanol–water partition coefficient (Wildman–Crippen LogP) is 2.78. The third-order valence-corrected chi connectivity index (χ3v) is 2.93. The van der Waals surface area contributed by atoms with E-state index < -0.39 is 0 Å². The van der Waals surface area contributed by atoms with Crippen molar-refractivity contribution in [3.8, 4) is 5.75 Å². The summed E-state index contributed by atoms with van der Waals surface area (Å²) in [5.41, 5.74) is 7.58. The quantitative estimate of drug-likeness (QED) is 0.674. The highest BCUT2D eigenvalue weighted by Gasteiger charge is 2.04. The minimum Gasteiger partial charge on any atom is -0.492 e. The number of nitrogens with one attached hydrogen (secondary N) is 2. The van der Waals surface area contributed by atoms with Gasteiger partial charge in [0.1, 0.15) is 18.2 Å². The van der Waals surface area contributed by atoms with Crippen LogP contribution in [0, 0.1) is 5.82 Å². The number of ether oxygens (including phenoxy) is 1. The van der Waals surface area contributed by atoms with Crippen molar-refractivity contribution in [1.82, 2.24) is 9.97 Å². The van der Waals surface area contributed by atoms with Gasteiger partial charge in [-0.05, 0) is 30.3 Å². The first-order chi connectivity index (χ1) is 10.2. The van der Waals surface area contributed by atoms with Crippen molar-refractivity contribution in [2.75, 3.05) is 18.5 Å². The monoisotopic (exact) mass is 286 g/mol. The molecule has 0 saturated heterocycles. The van der Waals surface area contributed by atoms with Gasteiger partial charge in [0.2, 0.25) is 5.95 Å². The van der Waals surface area contributed by atoms with Crippen LogP contribution in [0.5, 0.6) is 5.75 Å². The van der Waals surface area contributed by atoms with Crippen LogP contribution in [0.15, 0.2) is 42.5 Å². The van der Waals surface area contributed by atoms with Crippen molar-refractivity contribution in [3.63, 3.8) is 0 Å². The van der Waals surface area contributed by atoms with E-state index in [9.17, 15) is 4.39 Å². The second-order valence-corrected chi connectivity index (χ2v) is 4.54. The van der Waals surface area contributed by atoms with Gasteiger partial charge in [-0.1, -0.05) is 6.07 Å². The predicted molar refractivity (Wildman–Crippen MR) is 80.3 cm³/mol. The molecule has 0 unspecified atom stereocenters. The summed E-state index contributed by atoms with van der Waals surface area (Å²) >= 11 is 0. The summed E-state index contributed by atoms with van der Waals surface area (Å²) in [6.07, 6.45) is 0. The molecule has 1 aromatic heterocycles. The van der Waals surface area contributed by atoms with Gasteiger partial charge >= 0.3 is 0 Å². The first kappa shape index (κ1) is 13.4. The fourth-order valence-corrected chi connectivity index (χ4v) is 2.02. The van der Waals surface area contributed by atoms with Crippen molar-refractivity contribution in [2.24, 2.45) is 5.73 Å². The first-order valence-electron chi connectivity index (χ1n) is 6.60. The van der Waals surface area contributed by atoms with E-state index >= 15 is 0 Å². The van der Waals surface area contributed by atoms with E-state index in [2.05, 4.69) is 15.3 Å². The van der Waals surface area contributed by atoms with Crippen LogP contribution in [-0.2, 0) is 0 Å². The molecule has 0 bridgehead atoms. The highest BCUT2D eigenvalue weighted by atomic mass is 19.1. The molecule has 4 N–H and O–H groups in total. The maximum Gasteiger partial charge on any atom is 0.205 e. The molecule has 0 atom stereocenters. The number of fused-ring (bicyclic) bond motifs is 1. The van der Waals surface area contributed by atoms with Crippen LogP contribution in [0.3, 0.4) is 0 Å². The van der Waals surface area contributed by atoms with Gasteiger partial charge in [0.05, 0.1) is 11.0 Å². The van der Waals surface area contributed by atoms with Crippen LogP contribution in [0.4, 0.5) is 16.0 Å². The molecule has 21 heavy (non-hydrogen) atoms. The van der Waals surface area contributed by atoms with E-state index in [-0.39, 0.29) is 5.82 Å². The van der Waals surface area contributed by atoms with Crippen LogP contribution >= 0.6 is 0 Å². The molecule has 2 aromatic carbocycles. The van der Waals surface area contributed by atoms with E-state index in [1.807, 2.05) is 24.3 Å². The zero-order valence-corrected chi connectivity index (χ0v) is 11.3. The van der Waals surface area contributed by atoms with Crippen molar-refractivity contribution in [3.05, 3.63) is 48.3 Å². The lowest BCUT2D eigenvalue weighted by Gasteiger charge is -2.07. The molecular weight excluding hydrogens is 271 g/mol. The van der Waals surface area contributed by atoms with Crippen LogP contribution in [0.25, 0.3) is 11.0 Å². The Hall–Kier alpha value is -2.60. The maximum atomic E-state index is 13.1. The Labute approximate surface area is 120 Å². The molecule has 5 nitrogen and oxygen atoms in total. The number of H-pyrrole nitrogens is 1. The van der Waals surface area contributed by atoms with Crippen molar-refractivity contribution in [2.45, 2.75) is 0 Å². The Morgan fingerprint density at radius 2 is 2.14 bits per heavy atom. The standard InChI is InChI=1S/C15H15FN4O/c16-10-4-5-13-14(8-10)20-15(19-13)18-11-2-1-3-12(9-11)21-7-6-17/h1-5,8-9H,6-7,17H2,(H2,18,19,20). The number of hydrogen-bond donors (Lipinski definition) is 3. The summed E-state index contributed by atoms with van der Waals surface area (Å²) in [5, 5.41) is 3.13. The second-order valence-electron chi connectivity index (χ2n) is 4.54. The van der Waals surface area contributed by atoms with Gasteiger partial charge in [-0.15, -0.1) is 0 Å². The van der Waals surface area contributed by atoms with E-state index in [1.165, 1.54) is 12.1 Å². The van der Waals surface area contributed by atoms with Gasteiger partial charge in [0, 0.05) is 18.3 Å². The molecule has 3 rings (SSSR count). The molecular formula is C15H15FN4O. The Kier molecular flexibility index (Phi) is 3.70. The number of hydrogen-bond acceptors (Lipinski definition) is 4. The molecule has 0 fully saturated rings. The lowest BCUT2D eigenvalue weighted by molar-refractivity contribution is 0.328. The summed E-state index contributed by atoms with van der Waals surface area (Å²) in [6.45, 7) is 0.931. The van der Waals surface area contributed by atoms with Crippen LogP contribution < -0.4 is 15.8 Å². The Morgan fingerprint density at radius 3 is 3.00 bits per heavy atom. The molecule has 6 heteroatoms. The average Bonchev–Trinajstić information content (AvgIpc) is 2.86. The number of aromatic amines is 1. The molecule has 3 aromatic rings. The zero-order chi connectivity index (χ0) is 14.7. The van der Waals surface area contributed by atoms with Crippen LogP contribution in [0.1, 0.15) is 0 Å². The van der Waals surface area contributed by atoms with Crippen molar-refractivity contribution in [1.29, 1.82) is 0 Å². The fraction of sp³-hybridized carbons (Fsp3) is 0.133. The van der Waals surface area contributed by atoms with Gasteiger partial charge in [-0.3, -0.25) is 0 Å². The minimum absolute atomic E-state index is 0.296. The summed E-state index contributed by atoms with van der Waals surface area (Å²) < 4.78 is 18.6. The molecule has 0 amide bonds. The van der Waals surface area contributed by atoms with Crippen LogP contribution in [-0.4, -0.2) is 23.1 Å². The van der Waals surface area contributed by atoms with E-state index in [0.29, 0.717) is 30.1 Å². The lowest BCUT2D eigenvalue weighted by atomic mass is 10.3. The SMILES string of the molecule is NCCOc1cccc(Nc2nc3ccc(F)cc3[nH]2)c1. The van der Waals surface area contributed by atoms with E-state index in [1.54, 1.807) is 6.07 Å². The highest BCUT2D eigenvalue weighted by Crippen LogP contribution is 2.22. The molecule has 0 aliphatic heterocycles. The summed E-state index contributed by atoms with van der Waals surface area (Å²) in [7, 11) is 0. The summed E-state index contributed by atoms with van der Waals surface area (Å²) in [5.74, 6) is 0.981. The average molecular weight is 286 g/mol. The Morgan fingerprint density at radius 1 is 1.24 bits per heavy atom. The molecule has 1 heterocycles. The largest absolute Gasteiger partial charge is 0.492 e. The minimum atomic E-state index is -0.296. The highest BCUT2D eigenvalue weighted by molar-refractivity contribution is 5.78. The second kappa shape index (κ2) is 5.80. The maximum absolute atomic E-state index is 13.1. The lowest BCUT2D eigenvalue weighted by Crippen LogP contribution is -2.10. The van der Waals surface area contributed by atoms with Gasteiger partial charge in [-0.25, -0.2) is 9.37 Å². The smallest absolute Gasteiger partial charge is 0.205 e. The molecule has 108 valence electrons. The van der Waals surface area contributed by atoms with Crippen LogP contribution in [0.2, 0.25) is 0 Å². The molecule has 0 saturated carbocycles. The number of nitrogens with two attached hydrogens (primary N) is 1. The normalized spacial score (nSPS) is 10.8. The number of halogens is 1. The van der Waals surface area contributed by atoms with Gasteiger partial charge in [0.25, 0.3) is 0 Å². The number of rotatable bonds is 5. The number of benzene rings is 2. The Bertz CT molecular complexity index is 756. The third kappa shape index (κ3) is 3.11. The van der Waals surface area contributed by atoms with Gasteiger partial charge in [0.15, 0.2) is 0 Å². The van der Waals surface area contributed by atoms with E-state index in [0.717, 1.165) is 11.4 Å². The number of imidazole rings is 1. The van der Waals surface area contributed by atoms with Crippen molar-refractivity contribution < 1.29 is 9.13 Å². The molecule has 0 aliphatic carbocycles. The zero-order valence-electron chi connectivity index (χ0n) is 11.3. The summed E-state index contributed by atoms with van der Waals surface area (Å²) in [6, 6.07) is 11.9. The molecule has 0 aliphatic rings. The summed E-state index contributed by atoms with van der Waals surface area (Å²) in [4.78, 5) is 7.37. The van der Waals surface area contributed by atoms with Gasteiger partial charge in [-0.2, -0.15) is 0 Å². The third-order valence-electron chi connectivity index (χ3n) is 2.93. The fourth-order valence-electron chi connectivity index (χ4n) is 2.02. The Balaban J connectivity index is 1.81. The number of aromatic nitrogens is 2.